The predicted octanol–water partition coefficient (Wildman–Crippen LogP) is -0.321. The molecule has 102 valence electrons. The van der Waals surface area contributed by atoms with E-state index < -0.39 is 0 Å². The van der Waals surface area contributed by atoms with Gasteiger partial charge >= 0.3 is 0 Å². The first-order valence-corrected chi connectivity index (χ1v) is 6.31. The highest BCUT2D eigenvalue weighted by Crippen LogP contribution is 2.19. The number of rotatable bonds is 7. The number of nitrogens with two attached hydrogens (primary N) is 1. The van der Waals surface area contributed by atoms with Gasteiger partial charge in [-0.3, -0.25) is 4.90 Å². The lowest BCUT2D eigenvalue weighted by Gasteiger charge is -2.39. The minimum absolute atomic E-state index is 0.0124. The van der Waals surface area contributed by atoms with Gasteiger partial charge in [0.05, 0.1) is 19.3 Å². The van der Waals surface area contributed by atoms with E-state index in [0.717, 1.165) is 32.5 Å². The lowest BCUT2D eigenvalue weighted by molar-refractivity contribution is 0.0340. The summed E-state index contributed by atoms with van der Waals surface area (Å²) in [5.41, 5.74) is 6.01. The van der Waals surface area contributed by atoms with Crippen LogP contribution in [0.1, 0.15) is 12.8 Å². The minimum Gasteiger partial charge on any atom is -0.395 e. The topological polar surface area (TPSA) is 68.0 Å². The third-order valence-electron chi connectivity index (χ3n) is 3.56. The van der Waals surface area contributed by atoms with Crippen LogP contribution in [-0.2, 0) is 9.47 Å². The zero-order valence-electron chi connectivity index (χ0n) is 11.0. The first-order chi connectivity index (χ1) is 8.22. The average Bonchev–Trinajstić information content (AvgIpc) is 2.33. The SMILES string of the molecule is COCC1CCN(C(CO)C(N)COC)CC1. The Bertz CT molecular complexity index is 196. The van der Waals surface area contributed by atoms with E-state index in [1.165, 1.54) is 0 Å². The molecule has 0 aliphatic carbocycles. The van der Waals surface area contributed by atoms with Crippen LogP contribution in [0, 0.1) is 5.92 Å². The summed E-state index contributed by atoms with van der Waals surface area (Å²) in [4.78, 5) is 2.27. The van der Waals surface area contributed by atoms with E-state index in [0.29, 0.717) is 12.5 Å². The Hall–Kier alpha value is -0.200. The summed E-state index contributed by atoms with van der Waals surface area (Å²) in [6.45, 7) is 3.39. The maximum absolute atomic E-state index is 9.44. The van der Waals surface area contributed by atoms with Crippen LogP contribution >= 0.6 is 0 Å². The second-order valence-corrected chi connectivity index (χ2v) is 4.80. The Labute approximate surface area is 104 Å². The molecular formula is C12H26N2O3. The van der Waals surface area contributed by atoms with Crippen LogP contribution in [0.15, 0.2) is 0 Å². The van der Waals surface area contributed by atoms with Crippen LogP contribution in [0.5, 0.6) is 0 Å². The van der Waals surface area contributed by atoms with Gasteiger partial charge < -0.3 is 20.3 Å². The number of hydrogen-bond donors (Lipinski definition) is 2. The maximum atomic E-state index is 9.44. The quantitative estimate of drug-likeness (QED) is 0.644. The van der Waals surface area contributed by atoms with Gasteiger partial charge in [-0.2, -0.15) is 0 Å². The van der Waals surface area contributed by atoms with E-state index >= 15 is 0 Å². The number of aliphatic hydroxyl groups excluding tert-OH is 1. The third-order valence-corrected chi connectivity index (χ3v) is 3.56. The highest BCUT2D eigenvalue weighted by atomic mass is 16.5. The molecule has 1 aliphatic rings. The molecule has 1 rings (SSSR count). The Kier molecular flexibility index (Phi) is 6.99. The van der Waals surface area contributed by atoms with Crippen LogP contribution in [0.25, 0.3) is 0 Å². The average molecular weight is 246 g/mol. The van der Waals surface area contributed by atoms with E-state index in [9.17, 15) is 5.11 Å². The van der Waals surface area contributed by atoms with Crippen molar-refractivity contribution in [1.29, 1.82) is 0 Å². The Morgan fingerprint density at radius 1 is 1.29 bits per heavy atom. The summed E-state index contributed by atoms with van der Waals surface area (Å²) in [5.74, 6) is 0.647. The van der Waals surface area contributed by atoms with Crippen molar-refractivity contribution in [2.24, 2.45) is 11.7 Å². The van der Waals surface area contributed by atoms with Crippen molar-refractivity contribution < 1.29 is 14.6 Å². The molecule has 2 atom stereocenters. The summed E-state index contributed by atoms with van der Waals surface area (Å²) in [6, 6.07) is -0.109. The molecule has 0 aromatic carbocycles. The van der Waals surface area contributed by atoms with E-state index in [2.05, 4.69) is 4.90 Å². The highest BCUT2D eigenvalue weighted by Gasteiger charge is 2.28. The molecular weight excluding hydrogens is 220 g/mol. The summed E-state index contributed by atoms with van der Waals surface area (Å²) in [5, 5.41) is 9.44. The number of hydrogen-bond acceptors (Lipinski definition) is 5. The monoisotopic (exact) mass is 246 g/mol. The van der Waals surface area contributed by atoms with Gasteiger partial charge in [-0.15, -0.1) is 0 Å². The molecule has 1 saturated heterocycles. The molecule has 0 aromatic heterocycles. The van der Waals surface area contributed by atoms with Gasteiger partial charge in [0.2, 0.25) is 0 Å². The molecule has 0 radical (unpaired) electrons. The molecule has 0 aromatic rings. The van der Waals surface area contributed by atoms with Crippen LogP contribution in [0.4, 0.5) is 0 Å². The third kappa shape index (κ3) is 4.52. The van der Waals surface area contributed by atoms with E-state index in [-0.39, 0.29) is 18.7 Å². The van der Waals surface area contributed by atoms with Crippen molar-refractivity contribution in [3.05, 3.63) is 0 Å². The summed E-state index contributed by atoms with van der Waals surface area (Å²) < 4.78 is 10.2. The molecule has 0 bridgehead atoms. The molecule has 5 nitrogen and oxygen atoms in total. The molecule has 17 heavy (non-hydrogen) atoms. The van der Waals surface area contributed by atoms with Gasteiger partial charge in [0, 0.05) is 26.9 Å². The van der Waals surface area contributed by atoms with E-state index in [4.69, 9.17) is 15.2 Å². The fraction of sp³-hybridized carbons (Fsp3) is 1.00. The molecule has 1 heterocycles. The lowest BCUT2D eigenvalue weighted by atomic mass is 9.95. The number of nitrogens with zero attached hydrogens (tertiary/aromatic N) is 1. The minimum atomic E-state index is -0.121. The van der Waals surface area contributed by atoms with Gasteiger partial charge in [0.25, 0.3) is 0 Å². The zero-order chi connectivity index (χ0) is 12.7. The second-order valence-electron chi connectivity index (χ2n) is 4.80. The summed E-state index contributed by atoms with van der Waals surface area (Å²) in [7, 11) is 3.39. The van der Waals surface area contributed by atoms with Gasteiger partial charge in [-0.25, -0.2) is 0 Å². The first kappa shape index (κ1) is 14.9. The standard InChI is InChI=1S/C12H26N2O3/c1-16-8-10-3-5-14(6-4-10)12(7-15)11(13)9-17-2/h10-12,15H,3-9,13H2,1-2H3. The van der Waals surface area contributed by atoms with Crippen LogP contribution in [0.2, 0.25) is 0 Å². The number of piperidine rings is 1. The normalized spacial score (nSPS) is 22.6. The molecule has 3 N–H and O–H groups in total. The fourth-order valence-electron chi connectivity index (χ4n) is 2.51. The largest absolute Gasteiger partial charge is 0.395 e. The molecule has 0 amide bonds. The van der Waals surface area contributed by atoms with Crippen molar-refractivity contribution in [2.75, 3.05) is 47.1 Å². The Morgan fingerprint density at radius 3 is 2.41 bits per heavy atom. The second kappa shape index (κ2) is 8.00. The highest BCUT2D eigenvalue weighted by molar-refractivity contribution is 4.85. The number of likely N-dealkylation sites (tertiary alicyclic amines) is 1. The Morgan fingerprint density at radius 2 is 1.94 bits per heavy atom. The smallest absolute Gasteiger partial charge is 0.0629 e. The molecule has 0 saturated carbocycles. The molecule has 5 heteroatoms. The Balaban J connectivity index is 2.39. The molecule has 1 aliphatic heterocycles. The number of methoxy groups -OCH3 is 2. The predicted molar refractivity (Wildman–Crippen MR) is 66.9 cm³/mol. The summed E-state index contributed by atoms with van der Waals surface area (Å²) in [6.07, 6.45) is 2.23. The summed E-state index contributed by atoms with van der Waals surface area (Å²) >= 11 is 0. The van der Waals surface area contributed by atoms with Gasteiger partial charge in [-0.1, -0.05) is 0 Å². The van der Waals surface area contributed by atoms with Crippen LogP contribution in [-0.4, -0.2) is 69.2 Å². The van der Waals surface area contributed by atoms with Crippen molar-refractivity contribution >= 4 is 0 Å². The fourth-order valence-corrected chi connectivity index (χ4v) is 2.51. The van der Waals surface area contributed by atoms with Crippen molar-refractivity contribution in [2.45, 2.75) is 24.9 Å². The maximum Gasteiger partial charge on any atom is 0.0629 e. The van der Waals surface area contributed by atoms with E-state index in [1.807, 2.05) is 0 Å². The molecule has 0 spiro atoms. The first-order valence-electron chi connectivity index (χ1n) is 6.31. The van der Waals surface area contributed by atoms with Crippen LogP contribution in [0.3, 0.4) is 0 Å². The van der Waals surface area contributed by atoms with Crippen molar-refractivity contribution in [3.8, 4) is 0 Å². The molecule has 1 fully saturated rings. The van der Waals surface area contributed by atoms with Crippen LogP contribution < -0.4 is 5.73 Å². The number of aliphatic hydroxyl groups is 1. The molecule has 2 unspecified atom stereocenters. The van der Waals surface area contributed by atoms with Crippen molar-refractivity contribution in [1.82, 2.24) is 4.90 Å². The van der Waals surface area contributed by atoms with E-state index in [1.54, 1.807) is 14.2 Å². The van der Waals surface area contributed by atoms with Gasteiger partial charge in [-0.05, 0) is 31.8 Å². The van der Waals surface area contributed by atoms with Crippen molar-refractivity contribution in [3.63, 3.8) is 0 Å². The van der Waals surface area contributed by atoms with Gasteiger partial charge in [0.15, 0.2) is 0 Å². The zero-order valence-corrected chi connectivity index (χ0v) is 11.0. The lowest BCUT2D eigenvalue weighted by Crippen LogP contribution is -2.54. The number of ether oxygens (including phenoxy) is 2. The van der Waals surface area contributed by atoms with Gasteiger partial charge in [0.1, 0.15) is 0 Å².